The molecular weight excluding hydrogens is 338 g/mol. The number of hydrogen-bond donors (Lipinski definition) is 0. The van der Waals surface area contributed by atoms with E-state index in [9.17, 15) is 0 Å². The second-order valence-electron chi connectivity index (χ2n) is 5.97. The molecule has 132 valence electrons. The van der Waals surface area contributed by atoms with Gasteiger partial charge in [-0.1, -0.05) is 31.5 Å². The fraction of sp³-hybridized carbons (Fsp3) is 0.350. The Kier molecular flexibility index (Phi) is 6.55. The molecule has 5 heteroatoms. The molecule has 25 heavy (non-hydrogen) atoms. The predicted octanol–water partition coefficient (Wildman–Crippen LogP) is 5.11. The van der Waals surface area contributed by atoms with Gasteiger partial charge in [-0.05, 0) is 42.2 Å². The van der Waals surface area contributed by atoms with Gasteiger partial charge in [0.1, 0.15) is 19.0 Å². The highest BCUT2D eigenvalue weighted by atomic mass is 35.5. The van der Waals surface area contributed by atoms with E-state index in [4.69, 9.17) is 31.1 Å². The zero-order chi connectivity index (χ0) is 18.4. The molecule has 2 rings (SSSR count). The summed E-state index contributed by atoms with van der Waals surface area (Å²) in [5.74, 6) is 2.14. The molecule has 0 aliphatic heterocycles. The molecular formula is C20H22ClNO3. The summed E-state index contributed by atoms with van der Waals surface area (Å²) in [6.45, 7) is 7.11. The lowest BCUT2D eigenvalue weighted by atomic mass is 9.98. The number of aryl methyl sites for hydroxylation is 1. The first-order chi connectivity index (χ1) is 12.0. The minimum absolute atomic E-state index is 0.312. The van der Waals surface area contributed by atoms with Gasteiger partial charge in [0.25, 0.3) is 0 Å². The van der Waals surface area contributed by atoms with Gasteiger partial charge in [-0.25, -0.2) is 0 Å². The lowest BCUT2D eigenvalue weighted by Crippen LogP contribution is -2.10. The van der Waals surface area contributed by atoms with Crippen LogP contribution in [0.3, 0.4) is 0 Å². The molecule has 0 heterocycles. The number of halogens is 1. The molecule has 0 bridgehead atoms. The molecule has 0 unspecified atom stereocenters. The summed E-state index contributed by atoms with van der Waals surface area (Å²) < 4.78 is 16.7. The first-order valence-corrected chi connectivity index (χ1v) is 8.47. The molecule has 4 nitrogen and oxygen atoms in total. The highest BCUT2D eigenvalue weighted by molar-refractivity contribution is 6.32. The van der Waals surface area contributed by atoms with E-state index in [1.54, 1.807) is 12.1 Å². The standard InChI is InChI=1S/C20H22ClNO3/c1-13(2)17-6-5-16(9-14(17)3)24-7-8-25-20-18(21)10-15(12-22)11-19(20)23-4/h5-6,9-11,13H,7-8H2,1-4H3. The highest BCUT2D eigenvalue weighted by Crippen LogP contribution is 2.36. The van der Waals surface area contributed by atoms with Crippen LogP contribution in [-0.4, -0.2) is 20.3 Å². The molecule has 0 aliphatic rings. The van der Waals surface area contributed by atoms with Crippen LogP contribution in [-0.2, 0) is 0 Å². The number of ether oxygens (including phenoxy) is 3. The van der Waals surface area contributed by atoms with Gasteiger partial charge in [0.05, 0.1) is 23.8 Å². The fourth-order valence-corrected chi connectivity index (χ4v) is 2.88. The van der Waals surface area contributed by atoms with E-state index < -0.39 is 0 Å². The Bertz CT molecular complexity index is 781. The van der Waals surface area contributed by atoms with Gasteiger partial charge in [0, 0.05) is 6.07 Å². The van der Waals surface area contributed by atoms with Gasteiger partial charge in [-0.2, -0.15) is 5.26 Å². The van der Waals surface area contributed by atoms with E-state index in [0.29, 0.717) is 41.2 Å². The number of methoxy groups -OCH3 is 1. The first-order valence-electron chi connectivity index (χ1n) is 8.10. The highest BCUT2D eigenvalue weighted by Gasteiger charge is 2.12. The second-order valence-corrected chi connectivity index (χ2v) is 6.38. The molecule has 0 amide bonds. The van der Waals surface area contributed by atoms with E-state index in [2.05, 4.69) is 26.8 Å². The van der Waals surface area contributed by atoms with E-state index in [1.165, 1.54) is 18.2 Å². The lowest BCUT2D eigenvalue weighted by molar-refractivity contribution is 0.211. The third-order valence-electron chi connectivity index (χ3n) is 3.82. The summed E-state index contributed by atoms with van der Waals surface area (Å²) in [5, 5.41) is 9.30. The van der Waals surface area contributed by atoms with Gasteiger partial charge >= 0.3 is 0 Å². The molecule has 0 saturated heterocycles. The second kappa shape index (κ2) is 8.64. The fourth-order valence-electron chi connectivity index (χ4n) is 2.61. The van der Waals surface area contributed by atoms with Crippen LogP contribution < -0.4 is 14.2 Å². The molecule has 0 fully saturated rings. The summed E-state index contributed by atoms with van der Waals surface area (Å²) in [6, 6.07) is 11.3. The summed E-state index contributed by atoms with van der Waals surface area (Å²) in [6.07, 6.45) is 0. The van der Waals surface area contributed by atoms with Crippen LogP contribution in [0.2, 0.25) is 5.02 Å². The van der Waals surface area contributed by atoms with Crippen LogP contribution in [0, 0.1) is 18.3 Å². The molecule has 0 radical (unpaired) electrons. The summed E-state index contributed by atoms with van der Waals surface area (Å²) >= 11 is 6.16. The van der Waals surface area contributed by atoms with Crippen molar-refractivity contribution in [1.82, 2.24) is 0 Å². The van der Waals surface area contributed by atoms with Gasteiger partial charge in [-0.15, -0.1) is 0 Å². The van der Waals surface area contributed by atoms with Crippen LogP contribution in [0.25, 0.3) is 0 Å². The first kappa shape index (κ1) is 19.0. The van der Waals surface area contributed by atoms with Crippen molar-refractivity contribution in [2.75, 3.05) is 20.3 Å². The third kappa shape index (κ3) is 4.80. The lowest BCUT2D eigenvalue weighted by Gasteiger charge is -2.14. The largest absolute Gasteiger partial charge is 0.493 e. The van der Waals surface area contributed by atoms with Gasteiger partial charge in [0.2, 0.25) is 0 Å². The van der Waals surface area contributed by atoms with Gasteiger partial charge < -0.3 is 14.2 Å². The predicted molar refractivity (Wildman–Crippen MR) is 99.0 cm³/mol. The Labute approximate surface area is 153 Å². The molecule has 0 spiro atoms. The zero-order valence-electron chi connectivity index (χ0n) is 14.9. The normalized spacial score (nSPS) is 10.4. The minimum Gasteiger partial charge on any atom is -0.493 e. The minimum atomic E-state index is 0.312. The van der Waals surface area contributed by atoms with Crippen molar-refractivity contribution in [2.45, 2.75) is 26.7 Å². The molecule has 0 atom stereocenters. The van der Waals surface area contributed by atoms with Gasteiger partial charge in [0.15, 0.2) is 11.5 Å². The summed E-state index contributed by atoms with van der Waals surface area (Å²) in [7, 11) is 1.51. The third-order valence-corrected chi connectivity index (χ3v) is 4.10. The Morgan fingerprint density at radius 2 is 1.84 bits per heavy atom. The van der Waals surface area contributed by atoms with Crippen molar-refractivity contribution in [1.29, 1.82) is 5.26 Å². The van der Waals surface area contributed by atoms with Crippen molar-refractivity contribution in [3.8, 4) is 23.3 Å². The number of benzene rings is 2. The topological polar surface area (TPSA) is 51.5 Å². The molecule has 2 aromatic carbocycles. The Morgan fingerprint density at radius 1 is 1.12 bits per heavy atom. The number of nitriles is 1. The average molecular weight is 360 g/mol. The molecule has 0 saturated carbocycles. The van der Waals surface area contributed by atoms with Crippen molar-refractivity contribution < 1.29 is 14.2 Å². The molecule has 2 aromatic rings. The van der Waals surface area contributed by atoms with Crippen LogP contribution in [0.4, 0.5) is 0 Å². The Morgan fingerprint density at radius 3 is 2.44 bits per heavy atom. The maximum Gasteiger partial charge on any atom is 0.179 e. The van der Waals surface area contributed by atoms with E-state index in [0.717, 1.165) is 5.75 Å². The van der Waals surface area contributed by atoms with E-state index in [-0.39, 0.29) is 0 Å². The van der Waals surface area contributed by atoms with Crippen LogP contribution >= 0.6 is 11.6 Å². The molecule has 0 aliphatic carbocycles. The van der Waals surface area contributed by atoms with Crippen LogP contribution in [0.5, 0.6) is 17.2 Å². The van der Waals surface area contributed by atoms with Crippen molar-refractivity contribution in [2.24, 2.45) is 0 Å². The van der Waals surface area contributed by atoms with E-state index >= 15 is 0 Å². The quantitative estimate of drug-likeness (QED) is 0.644. The number of nitrogens with zero attached hydrogens (tertiary/aromatic N) is 1. The maximum absolute atomic E-state index is 8.96. The molecule has 0 N–H and O–H groups in total. The summed E-state index contributed by atoms with van der Waals surface area (Å²) in [5.41, 5.74) is 2.95. The SMILES string of the molecule is COc1cc(C#N)cc(Cl)c1OCCOc1ccc(C(C)C)c(C)c1. The van der Waals surface area contributed by atoms with Crippen molar-refractivity contribution in [3.63, 3.8) is 0 Å². The Balaban J connectivity index is 1.96. The van der Waals surface area contributed by atoms with Crippen LogP contribution in [0.1, 0.15) is 36.5 Å². The Hall–Kier alpha value is -2.38. The maximum atomic E-state index is 8.96. The smallest absolute Gasteiger partial charge is 0.179 e. The zero-order valence-corrected chi connectivity index (χ0v) is 15.7. The van der Waals surface area contributed by atoms with Crippen molar-refractivity contribution >= 4 is 11.6 Å². The van der Waals surface area contributed by atoms with Crippen molar-refractivity contribution in [3.05, 3.63) is 52.0 Å². The van der Waals surface area contributed by atoms with E-state index in [1.807, 2.05) is 18.2 Å². The number of hydrogen-bond acceptors (Lipinski definition) is 4. The monoisotopic (exact) mass is 359 g/mol. The van der Waals surface area contributed by atoms with Gasteiger partial charge in [-0.3, -0.25) is 0 Å². The summed E-state index contributed by atoms with van der Waals surface area (Å²) in [4.78, 5) is 0. The van der Waals surface area contributed by atoms with Crippen LogP contribution in [0.15, 0.2) is 30.3 Å². The average Bonchev–Trinajstić information content (AvgIpc) is 2.58. The number of rotatable bonds is 7. The molecule has 0 aromatic heterocycles.